The number of pyridine rings is 1. The molecular formula is C51H31N3S2. The monoisotopic (exact) mass is 749 g/mol. The summed E-state index contributed by atoms with van der Waals surface area (Å²) in [6, 6.07) is 67.0. The van der Waals surface area contributed by atoms with Crippen molar-refractivity contribution < 1.29 is 0 Å². The highest BCUT2D eigenvalue weighted by molar-refractivity contribution is 7.22. The number of aromatic nitrogens is 3. The summed E-state index contributed by atoms with van der Waals surface area (Å²) in [5, 5.41) is 6.75. The Morgan fingerprint density at radius 3 is 1.16 bits per heavy atom. The van der Waals surface area contributed by atoms with Gasteiger partial charge in [0.15, 0.2) is 0 Å². The van der Waals surface area contributed by atoms with Crippen LogP contribution in [-0.4, -0.2) is 15.0 Å². The van der Waals surface area contributed by atoms with Gasteiger partial charge in [-0.15, -0.1) is 22.7 Å². The fraction of sp³-hybridized carbons (Fsp3) is 0. The van der Waals surface area contributed by atoms with Crippen molar-refractivity contribution in [2.75, 3.05) is 0 Å². The quantitative estimate of drug-likeness (QED) is 0.170. The number of thiazole rings is 2. The van der Waals surface area contributed by atoms with Crippen LogP contribution < -0.4 is 0 Å². The molecule has 0 aliphatic rings. The molecule has 0 spiro atoms. The third-order valence-electron chi connectivity index (χ3n) is 10.6. The van der Waals surface area contributed by atoms with Crippen molar-refractivity contribution in [3.8, 4) is 65.9 Å². The van der Waals surface area contributed by atoms with E-state index in [2.05, 4.69) is 176 Å². The van der Waals surface area contributed by atoms with E-state index < -0.39 is 0 Å². The first-order chi connectivity index (χ1) is 27.7. The maximum Gasteiger partial charge on any atom is 0.124 e. The van der Waals surface area contributed by atoms with Crippen LogP contribution in [0, 0.1) is 0 Å². The third kappa shape index (κ3) is 5.68. The summed E-state index contributed by atoms with van der Waals surface area (Å²) >= 11 is 3.45. The van der Waals surface area contributed by atoms with Gasteiger partial charge in [0, 0.05) is 33.4 Å². The van der Waals surface area contributed by atoms with E-state index in [0.29, 0.717) is 0 Å². The number of para-hydroxylation sites is 2. The summed E-state index contributed by atoms with van der Waals surface area (Å²) in [7, 11) is 0. The molecule has 3 aromatic heterocycles. The van der Waals surface area contributed by atoms with E-state index in [1.165, 1.54) is 30.9 Å². The predicted molar refractivity (Wildman–Crippen MR) is 238 cm³/mol. The lowest BCUT2D eigenvalue weighted by Gasteiger charge is -2.19. The van der Waals surface area contributed by atoms with E-state index in [9.17, 15) is 0 Å². The summed E-state index contributed by atoms with van der Waals surface area (Å²) in [5.41, 5.74) is 12.7. The highest BCUT2D eigenvalue weighted by atomic mass is 32.1. The minimum Gasteiger partial charge on any atom is -0.246 e. The summed E-state index contributed by atoms with van der Waals surface area (Å²) in [4.78, 5) is 15.7. The Hall–Kier alpha value is -6.79. The van der Waals surface area contributed by atoms with Crippen molar-refractivity contribution in [1.82, 2.24) is 15.0 Å². The molecule has 0 atom stereocenters. The number of hydrogen-bond acceptors (Lipinski definition) is 5. The molecule has 0 N–H and O–H groups in total. The average Bonchev–Trinajstić information content (AvgIpc) is 3.91. The second-order valence-corrected chi connectivity index (χ2v) is 16.0. The lowest BCUT2D eigenvalue weighted by atomic mass is 9.89. The molecule has 0 amide bonds. The maximum atomic E-state index is 5.76. The van der Waals surface area contributed by atoms with Gasteiger partial charge in [-0.05, 0) is 63.0 Å². The lowest BCUT2D eigenvalue weighted by Crippen LogP contribution is -1.98. The highest BCUT2D eigenvalue weighted by Crippen LogP contribution is 2.44. The largest absolute Gasteiger partial charge is 0.246 e. The fourth-order valence-electron chi connectivity index (χ4n) is 7.80. The van der Waals surface area contributed by atoms with E-state index in [-0.39, 0.29) is 0 Å². The van der Waals surface area contributed by atoms with Crippen LogP contribution in [0.15, 0.2) is 188 Å². The normalized spacial score (nSPS) is 11.6. The van der Waals surface area contributed by atoms with Crippen molar-refractivity contribution in [2.24, 2.45) is 0 Å². The van der Waals surface area contributed by atoms with Crippen molar-refractivity contribution in [1.29, 1.82) is 0 Å². The number of nitrogens with zero attached hydrogens (tertiary/aromatic N) is 3. The van der Waals surface area contributed by atoms with E-state index in [4.69, 9.17) is 15.0 Å². The topological polar surface area (TPSA) is 38.7 Å². The van der Waals surface area contributed by atoms with Gasteiger partial charge in [0.2, 0.25) is 0 Å². The smallest absolute Gasteiger partial charge is 0.124 e. The van der Waals surface area contributed by atoms with Crippen LogP contribution in [0.5, 0.6) is 0 Å². The van der Waals surface area contributed by atoms with Gasteiger partial charge in [0.05, 0.1) is 31.8 Å². The molecule has 0 saturated heterocycles. The molecule has 11 aromatic rings. The van der Waals surface area contributed by atoms with E-state index >= 15 is 0 Å². The summed E-state index contributed by atoms with van der Waals surface area (Å²) < 4.78 is 2.38. The number of hydrogen-bond donors (Lipinski definition) is 0. The maximum absolute atomic E-state index is 5.76. The zero-order valence-electron chi connectivity index (χ0n) is 30.1. The van der Waals surface area contributed by atoms with Gasteiger partial charge in [-0.3, -0.25) is 0 Å². The SMILES string of the molecule is c1ccc2c(-c3nc(-c4cccc5ccccc45)c(-c4ccc(-c5nc6ccccc6s5)cc4)cc3-c3ccc(-c4nc5ccccc5s4)cc3)cccc2c1. The Balaban J connectivity index is 1.14. The second kappa shape index (κ2) is 13.5. The highest BCUT2D eigenvalue weighted by Gasteiger charge is 2.21. The first kappa shape index (κ1) is 32.6. The molecule has 8 aromatic carbocycles. The van der Waals surface area contributed by atoms with Gasteiger partial charge in [-0.1, -0.05) is 158 Å². The van der Waals surface area contributed by atoms with Gasteiger partial charge in [0.1, 0.15) is 10.0 Å². The molecule has 262 valence electrons. The van der Waals surface area contributed by atoms with Crippen molar-refractivity contribution in [2.45, 2.75) is 0 Å². The zero-order valence-corrected chi connectivity index (χ0v) is 31.7. The van der Waals surface area contributed by atoms with E-state index in [1.54, 1.807) is 22.7 Å². The van der Waals surface area contributed by atoms with Crippen LogP contribution in [0.2, 0.25) is 0 Å². The van der Waals surface area contributed by atoms with Gasteiger partial charge >= 0.3 is 0 Å². The summed E-state index contributed by atoms with van der Waals surface area (Å²) in [6.07, 6.45) is 0. The zero-order chi connectivity index (χ0) is 37.0. The summed E-state index contributed by atoms with van der Waals surface area (Å²) in [6.45, 7) is 0. The fourth-order valence-corrected chi connectivity index (χ4v) is 9.75. The minimum atomic E-state index is 0.951. The molecule has 5 heteroatoms. The first-order valence-electron chi connectivity index (χ1n) is 18.7. The minimum absolute atomic E-state index is 0.951. The van der Waals surface area contributed by atoms with Crippen LogP contribution >= 0.6 is 22.7 Å². The van der Waals surface area contributed by atoms with Gasteiger partial charge in [0.25, 0.3) is 0 Å². The van der Waals surface area contributed by atoms with Crippen LogP contribution in [0.25, 0.3) is 108 Å². The Bertz CT molecular complexity index is 2960. The van der Waals surface area contributed by atoms with Crippen molar-refractivity contribution in [3.05, 3.63) is 188 Å². The first-order valence-corrected chi connectivity index (χ1v) is 20.3. The Morgan fingerprint density at radius 1 is 0.304 bits per heavy atom. The van der Waals surface area contributed by atoms with Crippen LogP contribution in [0.4, 0.5) is 0 Å². The molecule has 3 heterocycles. The van der Waals surface area contributed by atoms with Gasteiger partial charge in [-0.25, -0.2) is 15.0 Å². The number of rotatable bonds is 6. The molecule has 0 radical (unpaired) electrons. The molecule has 0 saturated carbocycles. The van der Waals surface area contributed by atoms with E-state index in [0.717, 1.165) is 76.9 Å². The third-order valence-corrected chi connectivity index (χ3v) is 12.8. The van der Waals surface area contributed by atoms with Gasteiger partial charge < -0.3 is 0 Å². The van der Waals surface area contributed by atoms with E-state index in [1.807, 2.05) is 12.1 Å². The Morgan fingerprint density at radius 2 is 0.696 bits per heavy atom. The molecule has 0 aliphatic carbocycles. The van der Waals surface area contributed by atoms with Gasteiger partial charge in [-0.2, -0.15) is 0 Å². The molecule has 56 heavy (non-hydrogen) atoms. The second-order valence-electron chi connectivity index (χ2n) is 14.0. The molecule has 0 bridgehead atoms. The molecular weight excluding hydrogens is 719 g/mol. The Kier molecular flexibility index (Phi) is 7.87. The van der Waals surface area contributed by atoms with Crippen LogP contribution in [0.1, 0.15) is 0 Å². The predicted octanol–water partition coefficient (Wildman–Crippen LogP) is 14.6. The van der Waals surface area contributed by atoms with Crippen molar-refractivity contribution in [3.63, 3.8) is 0 Å². The lowest BCUT2D eigenvalue weighted by molar-refractivity contribution is 1.33. The molecule has 0 unspecified atom stereocenters. The molecule has 0 aliphatic heterocycles. The standard InChI is InChI=1S/C51H31N3S2/c1-3-15-38-32(11-1)13-9-17-40(38)48-42(34-23-27-36(28-24-34)50-52-44-19-5-7-21-46(44)55-50)31-43(49(54-48)41-18-10-14-33-12-2-4-16-39(33)41)35-25-29-37(30-26-35)51-53-45-20-6-8-22-47(45)56-51/h1-31H. The molecule has 0 fully saturated rings. The Labute approximate surface area is 331 Å². The van der Waals surface area contributed by atoms with Crippen LogP contribution in [-0.2, 0) is 0 Å². The van der Waals surface area contributed by atoms with Crippen LogP contribution in [0.3, 0.4) is 0 Å². The summed E-state index contributed by atoms with van der Waals surface area (Å²) in [5.74, 6) is 0. The molecule has 3 nitrogen and oxygen atoms in total. The molecule has 11 rings (SSSR count). The number of fused-ring (bicyclic) bond motifs is 4. The average molecular weight is 750 g/mol. The number of benzene rings is 8. The van der Waals surface area contributed by atoms with Crippen molar-refractivity contribution >= 4 is 64.7 Å².